The highest BCUT2D eigenvalue weighted by atomic mass is 16.1. The molecule has 0 atom stereocenters. The Kier molecular flexibility index (Phi) is 2.03. The molecule has 0 saturated heterocycles. The van der Waals surface area contributed by atoms with Crippen LogP contribution in [0, 0.1) is 6.92 Å². The summed E-state index contributed by atoms with van der Waals surface area (Å²) in [4.78, 5) is 11.4. The van der Waals surface area contributed by atoms with E-state index in [1.807, 2.05) is 13.0 Å². The highest BCUT2D eigenvalue weighted by molar-refractivity contribution is 6.01. The second kappa shape index (κ2) is 3.23. The van der Waals surface area contributed by atoms with Crippen molar-refractivity contribution in [2.24, 2.45) is 0 Å². The van der Waals surface area contributed by atoms with Crippen molar-refractivity contribution in [2.45, 2.75) is 13.8 Å². The number of hydrogen-bond donors (Lipinski definition) is 2. The summed E-state index contributed by atoms with van der Waals surface area (Å²) in [6.45, 7) is 7.04. The molecule has 2 rings (SSSR count). The first kappa shape index (κ1) is 9.45. The molecule has 0 aliphatic carbocycles. The Morgan fingerprint density at radius 3 is 3.07 bits per heavy atom. The Balaban J connectivity index is 2.35. The molecule has 0 aromatic carbocycles. The fraction of sp³-hybridized carbons (Fsp3) is 0.222. The molecule has 2 aromatic heterocycles. The molecule has 6 heteroatoms. The Labute approximate surface area is 86.0 Å². The number of fused-ring (bicyclic) bond motifs is 1. The van der Waals surface area contributed by atoms with E-state index in [1.165, 1.54) is 4.52 Å². The van der Waals surface area contributed by atoms with E-state index in [2.05, 4.69) is 27.2 Å². The molecular weight excluding hydrogens is 194 g/mol. The topological polar surface area (TPSA) is 75.1 Å². The van der Waals surface area contributed by atoms with E-state index in [4.69, 9.17) is 0 Å². The van der Waals surface area contributed by atoms with Crippen LogP contribution < -0.4 is 5.32 Å². The summed E-state index contributed by atoms with van der Waals surface area (Å²) < 4.78 is 1.54. The molecule has 0 spiro atoms. The smallest absolute Gasteiger partial charge is 0.253 e. The van der Waals surface area contributed by atoms with Gasteiger partial charge in [0.05, 0.1) is 5.69 Å². The van der Waals surface area contributed by atoms with Gasteiger partial charge < -0.3 is 0 Å². The van der Waals surface area contributed by atoms with Crippen molar-refractivity contribution in [1.82, 2.24) is 19.8 Å². The third-order valence-corrected chi connectivity index (χ3v) is 1.92. The van der Waals surface area contributed by atoms with Crippen molar-refractivity contribution in [2.75, 3.05) is 5.32 Å². The number of H-pyrrole nitrogens is 1. The number of nitrogens with one attached hydrogen (secondary N) is 2. The van der Waals surface area contributed by atoms with Crippen LogP contribution >= 0.6 is 0 Å². The van der Waals surface area contributed by atoms with Crippen molar-refractivity contribution < 1.29 is 4.79 Å². The number of aromatic nitrogens is 4. The molecule has 1 amide bonds. The molecular formula is C9H11N5O. The van der Waals surface area contributed by atoms with E-state index in [0.717, 1.165) is 11.3 Å². The maximum Gasteiger partial charge on any atom is 0.253 e. The molecule has 0 aliphatic heterocycles. The molecule has 2 N–H and O–H groups in total. The first-order valence-electron chi connectivity index (χ1n) is 4.45. The second-order valence-electron chi connectivity index (χ2n) is 3.36. The maximum atomic E-state index is 11.4. The molecule has 0 fully saturated rings. The van der Waals surface area contributed by atoms with Crippen LogP contribution in [0.5, 0.6) is 0 Å². The highest BCUT2D eigenvalue weighted by Gasteiger charge is 2.10. The number of rotatable bonds is 2. The number of carbonyl (C=O) groups is 1. The lowest BCUT2D eigenvalue weighted by atomic mass is 10.3. The molecule has 78 valence electrons. The Hall–Kier alpha value is -2.11. The van der Waals surface area contributed by atoms with Crippen LogP contribution in [0.3, 0.4) is 0 Å². The fourth-order valence-electron chi connectivity index (χ4n) is 1.19. The second-order valence-corrected chi connectivity index (χ2v) is 3.36. The summed E-state index contributed by atoms with van der Waals surface area (Å²) >= 11 is 0. The number of carbonyl (C=O) groups excluding carboxylic acids is 1. The SMILES string of the molecule is C=C(C)C(=O)Nc1n[nH]c2cc(C)nn12. The van der Waals surface area contributed by atoms with E-state index in [0.29, 0.717) is 11.5 Å². The quantitative estimate of drug-likeness (QED) is 0.714. The number of anilines is 1. The summed E-state index contributed by atoms with van der Waals surface area (Å²) in [5, 5.41) is 13.4. The van der Waals surface area contributed by atoms with Gasteiger partial charge in [-0.15, -0.1) is 5.10 Å². The summed E-state index contributed by atoms with van der Waals surface area (Å²) in [5.74, 6) is 0.0997. The first-order chi connectivity index (χ1) is 7.08. The van der Waals surface area contributed by atoms with Crippen molar-refractivity contribution in [3.63, 3.8) is 0 Å². The van der Waals surface area contributed by atoms with Gasteiger partial charge in [-0.1, -0.05) is 6.58 Å². The number of aromatic amines is 1. The van der Waals surface area contributed by atoms with Crippen LogP contribution in [0.25, 0.3) is 5.65 Å². The van der Waals surface area contributed by atoms with Gasteiger partial charge in [-0.05, 0) is 13.8 Å². The largest absolute Gasteiger partial charge is 0.289 e. The van der Waals surface area contributed by atoms with Crippen LogP contribution in [0.15, 0.2) is 18.2 Å². The monoisotopic (exact) mass is 205 g/mol. The van der Waals surface area contributed by atoms with E-state index in [9.17, 15) is 4.79 Å². The number of hydrogen-bond acceptors (Lipinski definition) is 3. The summed E-state index contributed by atoms with van der Waals surface area (Å²) in [7, 11) is 0. The number of nitrogens with zero attached hydrogens (tertiary/aromatic N) is 3. The van der Waals surface area contributed by atoms with Crippen LogP contribution in [0.2, 0.25) is 0 Å². The zero-order valence-electron chi connectivity index (χ0n) is 8.53. The molecule has 2 heterocycles. The Morgan fingerprint density at radius 2 is 2.40 bits per heavy atom. The zero-order valence-corrected chi connectivity index (χ0v) is 8.53. The van der Waals surface area contributed by atoms with Gasteiger partial charge in [0.25, 0.3) is 5.91 Å². The molecule has 15 heavy (non-hydrogen) atoms. The third-order valence-electron chi connectivity index (χ3n) is 1.92. The van der Waals surface area contributed by atoms with Crippen LogP contribution in [0.4, 0.5) is 5.95 Å². The molecule has 0 aliphatic rings. The molecule has 0 unspecified atom stereocenters. The zero-order chi connectivity index (χ0) is 11.0. The number of amides is 1. The predicted octanol–water partition coefficient (Wildman–Crippen LogP) is 0.880. The van der Waals surface area contributed by atoms with Crippen LogP contribution in [-0.4, -0.2) is 25.7 Å². The summed E-state index contributed by atoms with van der Waals surface area (Å²) in [6, 6.07) is 1.84. The average Bonchev–Trinajstić information content (AvgIpc) is 2.66. The van der Waals surface area contributed by atoms with Gasteiger partial charge in [0.2, 0.25) is 5.95 Å². The minimum absolute atomic E-state index is 0.267. The van der Waals surface area contributed by atoms with Crippen LogP contribution in [0.1, 0.15) is 12.6 Å². The van der Waals surface area contributed by atoms with Gasteiger partial charge in [0, 0.05) is 11.6 Å². The van der Waals surface area contributed by atoms with Crippen molar-refractivity contribution >= 4 is 17.5 Å². The van der Waals surface area contributed by atoms with Gasteiger partial charge in [-0.3, -0.25) is 15.2 Å². The molecule has 0 saturated carbocycles. The van der Waals surface area contributed by atoms with Gasteiger partial charge in [0.15, 0.2) is 5.65 Å². The van der Waals surface area contributed by atoms with E-state index >= 15 is 0 Å². The van der Waals surface area contributed by atoms with Crippen molar-refractivity contribution in [3.05, 3.63) is 23.9 Å². The van der Waals surface area contributed by atoms with Crippen molar-refractivity contribution in [3.8, 4) is 0 Å². The standard InChI is InChI=1S/C9H11N5O/c1-5(2)8(15)10-9-12-11-7-4-6(3)13-14(7)9/h4,11H,1H2,2-3H3,(H,10,12,15). The summed E-state index contributed by atoms with van der Waals surface area (Å²) in [6.07, 6.45) is 0. The third kappa shape index (κ3) is 1.61. The normalized spacial score (nSPS) is 10.5. The van der Waals surface area contributed by atoms with Gasteiger partial charge in [-0.25, -0.2) is 0 Å². The predicted molar refractivity (Wildman–Crippen MR) is 55.5 cm³/mol. The minimum Gasteiger partial charge on any atom is -0.289 e. The lowest BCUT2D eigenvalue weighted by Crippen LogP contribution is -2.14. The van der Waals surface area contributed by atoms with Gasteiger partial charge in [-0.2, -0.15) is 9.61 Å². The molecule has 0 radical (unpaired) electrons. The van der Waals surface area contributed by atoms with E-state index in [1.54, 1.807) is 6.92 Å². The Morgan fingerprint density at radius 1 is 1.67 bits per heavy atom. The first-order valence-corrected chi connectivity index (χ1v) is 4.45. The van der Waals surface area contributed by atoms with Gasteiger partial charge in [0.1, 0.15) is 0 Å². The minimum atomic E-state index is -0.267. The number of aryl methyl sites for hydroxylation is 1. The average molecular weight is 205 g/mol. The van der Waals surface area contributed by atoms with E-state index in [-0.39, 0.29) is 5.91 Å². The van der Waals surface area contributed by atoms with Gasteiger partial charge >= 0.3 is 0 Å². The lowest BCUT2D eigenvalue weighted by Gasteiger charge is -1.99. The molecule has 0 bridgehead atoms. The van der Waals surface area contributed by atoms with Crippen LogP contribution in [-0.2, 0) is 4.79 Å². The fourth-order valence-corrected chi connectivity index (χ4v) is 1.19. The molecule has 6 nitrogen and oxygen atoms in total. The van der Waals surface area contributed by atoms with Crippen molar-refractivity contribution in [1.29, 1.82) is 0 Å². The Bertz CT molecular complexity index is 536. The highest BCUT2D eigenvalue weighted by Crippen LogP contribution is 2.09. The van der Waals surface area contributed by atoms with E-state index < -0.39 is 0 Å². The molecule has 2 aromatic rings. The lowest BCUT2D eigenvalue weighted by molar-refractivity contribution is -0.112. The maximum absolute atomic E-state index is 11.4. The summed E-state index contributed by atoms with van der Waals surface area (Å²) in [5.41, 5.74) is 2.02.